The molecule has 1 rings (SSSR count). The van der Waals surface area contributed by atoms with Crippen molar-refractivity contribution in [1.82, 2.24) is 10.4 Å². The molecule has 0 aromatic heterocycles. The molecule has 2 amide bonds. The average Bonchev–Trinajstić information content (AvgIpc) is 2.01. The third-order valence-electron chi connectivity index (χ3n) is 1.60. The van der Waals surface area contributed by atoms with Gasteiger partial charge in [0.1, 0.15) is 0 Å². The maximum atomic E-state index is 11.3. The number of rotatable bonds is 2. The third kappa shape index (κ3) is 3.45. The second-order valence-electron chi connectivity index (χ2n) is 3.33. The number of anilines is 1. The fourth-order valence-corrected chi connectivity index (χ4v) is 1.08. The number of carbonyl (C=O) groups is 1. The van der Waals surface area contributed by atoms with Gasteiger partial charge in [-0.1, -0.05) is 12.1 Å². The number of carbonyl (C=O) groups excluding carboxylic acids is 1. The number of aryl methyl sites for hydroxylation is 1. The van der Waals surface area contributed by atoms with E-state index in [2.05, 4.69) is 10.7 Å². The molecule has 0 spiro atoms. The van der Waals surface area contributed by atoms with Crippen LogP contribution < -0.4 is 10.7 Å². The highest BCUT2D eigenvalue weighted by Crippen LogP contribution is 2.08. The Morgan fingerprint density at radius 3 is 2.64 bits per heavy atom. The number of nitrogens with zero attached hydrogens (tertiary/aromatic N) is 1. The molecule has 0 saturated heterocycles. The summed E-state index contributed by atoms with van der Waals surface area (Å²) in [5.74, 6) is 0. The van der Waals surface area contributed by atoms with Crippen molar-refractivity contribution in [2.24, 2.45) is 0 Å². The zero-order valence-electron chi connectivity index (χ0n) is 8.66. The van der Waals surface area contributed by atoms with Gasteiger partial charge >= 0.3 is 6.03 Å². The Hall–Kier alpha value is -1.55. The summed E-state index contributed by atoms with van der Waals surface area (Å²) in [7, 11) is 3.52. The van der Waals surface area contributed by atoms with Gasteiger partial charge in [0.05, 0.1) is 0 Å². The van der Waals surface area contributed by atoms with Crippen LogP contribution >= 0.6 is 0 Å². The first kappa shape index (κ1) is 10.5. The van der Waals surface area contributed by atoms with Crippen molar-refractivity contribution >= 4 is 11.7 Å². The van der Waals surface area contributed by atoms with Gasteiger partial charge in [0, 0.05) is 19.8 Å². The van der Waals surface area contributed by atoms with Gasteiger partial charge in [-0.2, -0.15) is 0 Å². The topological polar surface area (TPSA) is 44.4 Å². The Morgan fingerprint density at radius 2 is 2.07 bits per heavy atom. The first-order chi connectivity index (χ1) is 6.58. The summed E-state index contributed by atoms with van der Waals surface area (Å²) in [6.45, 7) is 1.98. The molecule has 0 aliphatic carbocycles. The molecule has 2 N–H and O–H groups in total. The Kier molecular flexibility index (Phi) is 3.48. The summed E-state index contributed by atoms with van der Waals surface area (Å²) >= 11 is 0. The molecule has 0 saturated carbocycles. The van der Waals surface area contributed by atoms with Crippen LogP contribution in [0.5, 0.6) is 0 Å². The van der Waals surface area contributed by atoms with Gasteiger partial charge in [0.25, 0.3) is 0 Å². The lowest BCUT2D eigenvalue weighted by molar-refractivity contribution is 0.224. The fourth-order valence-electron chi connectivity index (χ4n) is 1.08. The van der Waals surface area contributed by atoms with E-state index in [0.717, 1.165) is 11.3 Å². The first-order valence-electron chi connectivity index (χ1n) is 4.39. The van der Waals surface area contributed by atoms with Crippen LogP contribution in [0.25, 0.3) is 0 Å². The van der Waals surface area contributed by atoms with E-state index in [-0.39, 0.29) is 6.03 Å². The van der Waals surface area contributed by atoms with Gasteiger partial charge in [-0.25, -0.2) is 9.80 Å². The van der Waals surface area contributed by atoms with Gasteiger partial charge in [-0.05, 0) is 24.6 Å². The quantitative estimate of drug-likeness (QED) is 0.700. The molecule has 0 heterocycles. The van der Waals surface area contributed by atoms with Crippen LogP contribution in [0.1, 0.15) is 5.56 Å². The van der Waals surface area contributed by atoms with E-state index < -0.39 is 0 Å². The van der Waals surface area contributed by atoms with Gasteiger partial charge < -0.3 is 5.32 Å². The van der Waals surface area contributed by atoms with Gasteiger partial charge in [-0.3, -0.25) is 5.43 Å². The minimum Gasteiger partial charge on any atom is -0.307 e. The SMILES string of the molecule is Cc1cccc(NC(=O)NN(C)C)c1. The number of amides is 2. The van der Waals surface area contributed by atoms with Crippen LogP contribution in [0.3, 0.4) is 0 Å². The first-order valence-corrected chi connectivity index (χ1v) is 4.39. The van der Waals surface area contributed by atoms with Gasteiger partial charge in [-0.15, -0.1) is 0 Å². The molecule has 1 aromatic carbocycles. The molecule has 0 aliphatic heterocycles. The summed E-state index contributed by atoms with van der Waals surface area (Å²) < 4.78 is 0. The van der Waals surface area contributed by atoms with Crippen molar-refractivity contribution in [1.29, 1.82) is 0 Å². The van der Waals surface area contributed by atoms with E-state index in [9.17, 15) is 4.79 Å². The molecule has 0 fully saturated rings. The van der Waals surface area contributed by atoms with Crippen LogP contribution in [0, 0.1) is 6.92 Å². The second kappa shape index (κ2) is 4.62. The highest BCUT2D eigenvalue weighted by atomic mass is 16.2. The summed E-state index contributed by atoms with van der Waals surface area (Å²) in [4.78, 5) is 11.3. The van der Waals surface area contributed by atoms with Crippen molar-refractivity contribution in [3.05, 3.63) is 29.8 Å². The predicted octanol–water partition coefficient (Wildman–Crippen LogP) is 1.59. The van der Waals surface area contributed by atoms with Gasteiger partial charge in [0.15, 0.2) is 0 Å². The summed E-state index contributed by atoms with van der Waals surface area (Å²) in [5, 5.41) is 4.31. The number of hydrogen-bond acceptors (Lipinski definition) is 2. The molecule has 1 aromatic rings. The molecule has 0 unspecified atom stereocenters. The van der Waals surface area contributed by atoms with Crippen LogP contribution in [0.15, 0.2) is 24.3 Å². The summed E-state index contributed by atoms with van der Waals surface area (Å²) in [6.07, 6.45) is 0. The lowest BCUT2D eigenvalue weighted by atomic mass is 10.2. The Morgan fingerprint density at radius 1 is 1.36 bits per heavy atom. The van der Waals surface area contributed by atoms with Crippen molar-refractivity contribution in [2.75, 3.05) is 19.4 Å². The normalized spacial score (nSPS) is 10.0. The molecule has 0 radical (unpaired) electrons. The lowest BCUT2D eigenvalue weighted by Gasteiger charge is -2.12. The highest BCUT2D eigenvalue weighted by molar-refractivity contribution is 5.88. The maximum Gasteiger partial charge on any atom is 0.333 e. The smallest absolute Gasteiger partial charge is 0.307 e. The molecular weight excluding hydrogens is 178 g/mol. The minimum atomic E-state index is -0.236. The molecule has 0 bridgehead atoms. The molecule has 4 nitrogen and oxygen atoms in total. The molecule has 0 atom stereocenters. The number of benzene rings is 1. The second-order valence-corrected chi connectivity index (χ2v) is 3.33. The fraction of sp³-hybridized carbons (Fsp3) is 0.300. The molecule has 0 aliphatic rings. The molecule has 14 heavy (non-hydrogen) atoms. The standard InChI is InChI=1S/C10H15N3O/c1-8-5-4-6-9(7-8)11-10(14)12-13(2)3/h4-7H,1-3H3,(H2,11,12,14). The Balaban J connectivity index is 2.56. The van der Waals surface area contributed by atoms with Crippen LogP contribution in [0.2, 0.25) is 0 Å². The average molecular weight is 193 g/mol. The maximum absolute atomic E-state index is 11.3. The molecular formula is C10H15N3O. The number of hydrazine groups is 1. The van der Waals surface area contributed by atoms with Crippen molar-refractivity contribution in [3.63, 3.8) is 0 Å². The third-order valence-corrected chi connectivity index (χ3v) is 1.60. The van der Waals surface area contributed by atoms with E-state index in [1.165, 1.54) is 0 Å². The van der Waals surface area contributed by atoms with Crippen LogP contribution in [-0.4, -0.2) is 25.1 Å². The van der Waals surface area contributed by atoms with E-state index >= 15 is 0 Å². The molecule has 76 valence electrons. The van der Waals surface area contributed by atoms with E-state index in [1.54, 1.807) is 19.1 Å². The van der Waals surface area contributed by atoms with Crippen molar-refractivity contribution in [2.45, 2.75) is 6.92 Å². The molecule has 4 heteroatoms. The van der Waals surface area contributed by atoms with E-state index in [1.807, 2.05) is 31.2 Å². The van der Waals surface area contributed by atoms with Gasteiger partial charge in [0.2, 0.25) is 0 Å². The number of nitrogens with one attached hydrogen (secondary N) is 2. The number of hydrogen-bond donors (Lipinski definition) is 2. The van der Waals surface area contributed by atoms with Crippen molar-refractivity contribution in [3.8, 4) is 0 Å². The van der Waals surface area contributed by atoms with Crippen LogP contribution in [0.4, 0.5) is 10.5 Å². The summed E-state index contributed by atoms with van der Waals surface area (Å²) in [5.41, 5.74) is 4.51. The number of urea groups is 1. The monoisotopic (exact) mass is 193 g/mol. The zero-order valence-corrected chi connectivity index (χ0v) is 8.66. The Labute approximate surface area is 83.9 Å². The summed E-state index contributed by atoms with van der Waals surface area (Å²) in [6, 6.07) is 7.41. The predicted molar refractivity (Wildman–Crippen MR) is 57.0 cm³/mol. The van der Waals surface area contributed by atoms with E-state index in [0.29, 0.717) is 0 Å². The Bertz CT molecular complexity index is 323. The van der Waals surface area contributed by atoms with Crippen molar-refractivity contribution < 1.29 is 4.79 Å². The lowest BCUT2D eigenvalue weighted by Crippen LogP contribution is -2.39. The van der Waals surface area contributed by atoms with E-state index in [4.69, 9.17) is 0 Å². The van der Waals surface area contributed by atoms with Crippen LogP contribution in [-0.2, 0) is 0 Å². The zero-order chi connectivity index (χ0) is 10.6. The largest absolute Gasteiger partial charge is 0.333 e. The minimum absolute atomic E-state index is 0.236. The highest BCUT2D eigenvalue weighted by Gasteiger charge is 2.01.